The van der Waals surface area contributed by atoms with Gasteiger partial charge in [0, 0.05) is 0 Å². The molecule has 0 radical (unpaired) electrons. The first-order valence-corrected chi connectivity index (χ1v) is 9.23. The lowest BCUT2D eigenvalue weighted by Crippen LogP contribution is -2.26. The first kappa shape index (κ1) is 18.2. The predicted octanol–water partition coefficient (Wildman–Crippen LogP) is 3.33. The second kappa shape index (κ2) is 6.76. The summed E-state index contributed by atoms with van der Waals surface area (Å²) in [6.07, 6.45) is 0. The number of ether oxygens (including phenoxy) is 2. The lowest BCUT2D eigenvalue weighted by molar-refractivity contribution is 0.370. The molecule has 0 fully saturated rings. The monoisotopic (exact) mass is 488 g/mol. The van der Waals surface area contributed by atoms with Gasteiger partial charge in [0.2, 0.25) is 5.88 Å². The standard InChI is InChI=1S/C20H13IN2O5/c1-26-14-7-9(6-12(21)17(14)24)15-11(8-22)19(23)28-18-10-4-2-3-5-13(10)27-20(25)16(15)18/h2-7,15,24H,23H2,1H3/t15-/m1/s1. The fourth-order valence-corrected chi connectivity index (χ4v) is 3.94. The molecule has 7 nitrogen and oxygen atoms in total. The minimum Gasteiger partial charge on any atom is -0.504 e. The van der Waals surface area contributed by atoms with Crippen LogP contribution in [-0.2, 0) is 0 Å². The molecule has 0 spiro atoms. The van der Waals surface area contributed by atoms with Gasteiger partial charge in [0.05, 0.1) is 27.5 Å². The van der Waals surface area contributed by atoms with Gasteiger partial charge in [-0.05, 0) is 52.4 Å². The number of benzene rings is 2. The van der Waals surface area contributed by atoms with Crippen molar-refractivity contribution in [2.24, 2.45) is 5.73 Å². The Bertz CT molecular complexity index is 1260. The van der Waals surface area contributed by atoms with E-state index in [2.05, 4.69) is 0 Å². The summed E-state index contributed by atoms with van der Waals surface area (Å²) in [7, 11) is 1.42. The summed E-state index contributed by atoms with van der Waals surface area (Å²) in [6.45, 7) is 0. The zero-order valence-corrected chi connectivity index (χ0v) is 16.7. The molecule has 2 aromatic carbocycles. The van der Waals surface area contributed by atoms with Crippen LogP contribution in [0.25, 0.3) is 11.0 Å². The van der Waals surface area contributed by atoms with Crippen molar-refractivity contribution in [1.82, 2.24) is 0 Å². The van der Waals surface area contributed by atoms with E-state index in [-0.39, 0.29) is 34.3 Å². The third kappa shape index (κ3) is 2.66. The summed E-state index contributed by atoms with van der Waals surface area (Å²) in [5.41, 5.74) is 6.57. The van der Waals surface area contributed by atoms with E-state index in [1.807, 2.05) is 28.7 Å². The van der Waals surface area contributed by atoms with Crippen LogP contribution in [0.5, 0.6) is 17.2 Å². The van der Waals surface area contributed by atoms with Crippen LogP contribution in [0, 0.1) is 14.9 Å². The molecule has 0 saturated heterocycles. The second-order valence-electron chi connectivity index (χ2n) is 6.11. The Labute approximate surface area is 172 Å². The predicted molar refractivity (Wildman–Crippen MR) is 109 cm³/mol. The van der Waals surface area contributed by atoms with Gasteiger partial charge in [-0.2, -0.15) is 5.26 Å². The Morgan fingerprint density at radius 2 is 2.07 bits per heavy atom. The molecule has 1 aliphatic rings. The number of nitrogens with zero attached hydrogens (tertiary/aromatic N) is 1. The van der Waals surface area contributed by atoms with Crippen LogP contribution in [-0.4, -0.2) is 12.2 Å². The van der Waals surface area contributed by atoms with E-state index >= 15 is 0 Å². The smallest absolute Gasteiger partial charge is 0.344 e. The summed E-state index contributed by atoms with van der Waals surface area (Å²) in [6, 6.07) is 12.2. The first-order valence-electron chi connectivity index (χ1n) is 8.16. The highest BCUT2D eigenvalue weighted by atomic mass is 127. The van der Waals surface area contributed by atoms with Gasteiger partial charge in [-0.15, -0.1) is 0 Å². The number of halogens is 1. The highest BCUT2D eigenvalue weighted by Gasteiger charge is 2.36. The Balaban J connectivity index is 2.09. The SMILES string of the molecule is COc1cc([C@@H]2C(C#N)=C(N)Oc3c2c(=O)oc2ccccc32)cc(I)c1O. The van der Waals surface area contributed by atoms with Crippen LogP contribution in [0.4, 0.5) is 0 Å². The lowest BCUT2D eigenvalue weighted by Gasteiger charge is -2.26. The number of nitrogens with two attached hydrogens (primary N) is 1. The van der Waals surface area contributed by atoms with E-state index in [0.717, 1.165) is 0 Å². The van der Waals surface area contributed by atoms with Crippen LogP contribution in [0.2, 0.25) is 0 Å². The Kier molecular flexibility index (Phi) is 4.39. The average Bonchev–Trinajstić information content (AvgIpc) is 2.69. The number of hydrogen-bond acceptors (Lipinski definition) is 7. The molecule has 0 saturated carbocycles. The molecule has 0 amide bonds. The van der Waals surface area contributed by atoms with E-state index in [4.69, 9.17) is 19.6 Å². The zero-order valence-electron chi connectivity index (χ0n) is 14.5. The molecule has 2 heterocycles. The van der Waals surface area contributed by atoms with Crippen molar-refractivity contribution in [2.75, 3.05) is 7.11 Å². The number of nitriles is 1. The van der Waals surface area contributed by atoms with Crippen LogP contribution in [0.15, 0.2) is 57.1 Å². The normalized spacial score (nSPS) is 15.7. The van der Waals surface area contributed by atoms with Gasteiger partial charge in [0.25, 0.3) is 0 Å². The summed E-state index contributed by atoms with van der Waals surface area (Å²) < 4.78 is 16.9. The first-order chi connectivity index (χ1) is 13.5. The van der Waals surface area contributed by atoms with Gasteiger partial charge in [-0.25, -0.2) is 4.79 Å². The van der Waals surface area contributed by atoms with Gasteiger partial charge in [-0.3, -0.25) is 0 Å². The van der Waals surface area contributed by atoms with Gasteiger partial charge in [0.15, 0.2) is 17.2 Å². The Morgan fingerprint density at radius 3 is 2.79 bits per heavy atom. The van der Waals surface area contributed by atoms with Gasteiger partial charge in [0.1, 0.15) is 17.2 Å². The molecule has 0 bridgehead atoms. The van der Waals surface area contributed by atoms with Crippen molar-refractivity contribution in [3.8, 4) is 23.3 Å². The number of aromatic hydroxyl groups is 1. The number of phenolic OH excluding ortho intramolecular Hbond substituents is 1. The van der Waals surface area contributed by atoms with Gasteiger partial charge in [-0.1, -0.05) is 12.1 Å². The maximum atomic E-state index is 12.8. The van der Waals surface area contributed by atoms with Crippen LogP contribution in [0.3, 0.4) is 0 Å². The number of para-hydroxylation sites is 1. The Hall–Kier alpha value is -3.19. The average molecular weight is 488 g/mol. The van der Waals surface area contributed by atoms with E-state index in [9.17, 15) is 15.2 Å². The van der Waals surface area contributed by atoms with Gasteiger partial charge < -0.3 is 24.7 Å². The van der Waals surface area contributed by atoms with E-state index in [1.54, 1.807) is 36.4 Å². The topological polar surface area (TPSA) is 119 Å². The van der Waals surface area contributed by atoms with Crippen molar-refractivity contribution in [3.63, 3.8) is 0 Å². The minimum atomic E-state index is -0.822. The molecule has 1 aliphatic heterocycles. The third-order valence-corrected chi connectivity index (χ3v) is 5.40. The van der Waals surface area contributed by atoms with Crippen molar-refractivity contribution in [3.05, 3.63) is 73.0 Å². The summed E-state index contributed by atoms with van der Waals surface area (Å²) in [4.78, 5) is 12.8. The molecule has 4 rings (SSSR count). The molecule has 1 aromatic heterocycles. The quantitative estimate of drug-likeness (QED) is 0.420. The molecule has 8 heteroatoms. The number of hydrogen-bond donors (Lipinski definition) is 2. The van der Waals surface area contributed by atoms with Crippen molar-refractivity contribution < 1.29 is 19.0 Å². The maximum absolute atomic E-state index is 12.8. The summed E-state index contributed by atoms with van der Waals surface area (Å²) in [5.74, 6) is -0.457. The molecular weight excluding hydrogens is 475 g/mol. The highest BCUT2D eigenvalue weighted by Crippen LogP contribution is 2.45. The summed E-state index contributed by atoms with van der Waals surface area (Å²) >= 11 is 1.95. The largest absolute Gasteiger partial charge is 0.504 e. The minimum absolute atomic E-state index is 0.0276. The molecule has 3 N–H and O–H groups in total. The van der Waals surface area contributed by atoms with Crippen molar-refractivity contribution >= 4 is 33.6 Å². The number of rotatable bonds is 2. The highest BCUT2D eigenvalue weighted by molar-refractivity contribution is 14.1. The van der Waals surface area contributed by atoms with Crippen LogP contribution < -0.4 is 20.8 Å². The van der Waals surface area contributed by atoms with E-state index < -0.39 is 11.5 Å². The molecule has 28 heavy (non-hydrogen) atoms. The maximum Gasteiger partial charge on any atom is 0.344 e. The number of allylic oxidation sites excluding steroid dienone is 1. The van der Waals surface area contributed by atoms with E-state index in [1.165, 1.54) is 7.11 Å². The van der Waals surface area contributed by atoms with Crippen LogP contribution >= 0.6 is 22.6 Å². The van der Waals surface area contributed by atoms with E-state index in [0.29, 0.717) is 20.1 Å². The number of methoxy groups -OCH3 is 1. The molecule has 0 unspecified atom stereocenters. The molecular formula is C20H13IN2O5. The second-order valence-corrected chi connectivity index (χ2v) is 7.27. The van der Waals surface area contributed by atoms with Crippen molar-refractivity contribution in [2.45, 2.75) is 5.92 Å². The summed E-state index contributed by atoms with van der Waals surface area (Å²) in [5, 5.41) is 20.4. The molecule has 1 atom stereocenters. The lowest BCUT2D eigenvalue weighted by atomic mass is 9.83. The number of phenols is 1. The third-order valence-electron chi connectivity index (χ3n) is 4.58. The van der Waals surface area contributed by atoms with Crippen molar-refractivity contribution in [1.29, 1.82) is 5.26 Å². The van der Waals surface area contributed by atoms with Gasteiger partial charge >= 0.3 is 5.63 Å². The molecule has 3 aromatic rings. The van der Waals surface area contributed by atoms with Crippen LogP contribution in [0.1, 0.15) is 17.0 Å². The fraction of sp³-hybridized carbons (Fsp3) is 0.100. The Morgan fingerprint density at radius 1 is 1.32 bits per heavy atom. The molecule has 0 aliphatic carbocycles. The molecule has 140 valence electrons. The number of fused-ring (bicyclic) bond motifs is 3. The zero-order chi connectivity index (χ0) is 20.0. The fourth-order valence-electron chi connectivity index (χ4n) is 3.32.